The van der Waals surface area contributed by atoms with Crippen molar-refractivity contribution in [3.05, 3.63) is 94.8 Å². The molecule has 0 fully saturated rings. The van der Waals surface area contributed by atoms with Gasteiger partial charge in [0, 0.05) is 23.7 Å². The van der Waals surface area contributed by atoms with Crippen LogP contribution in [0.25, 0.3) is 11.0 Å². The molecule has 0 saturated carbocycles. The van der Waals surface area contributed by atoms with Crippen molar-refractivity contribution in [3.8, 4) is 0 Å². The van der Waals surface area contributed by atoms with Gasteiger partial charge in [0.2, 0.25) is 10.0 Å². The summed E-state index contributed by atoms with van der Waals surface area (Å²) in [5.41, 5.74) is 2.95. The molecule has 0 aliphatic rings. The van der Waals surface area contributed by atoms with Crippen LogP contribution < -0.4 is 5.32 Å². The van der Waals surface area contributed by atoms with Crippen LogP contribution in [0.15, 0.2) is 77.7 Å². The third-order valence-electron chi connectivity index (χ3n) is 6.14. The molecule has 1 aromatic heterocycles. The van der Waals surface area contributed by atoms with E-state index in [1.54, 1.807) is 26.0 Å². The number of hydrogen-bond acceptors (Lipinski definition) is 4. The van der Waals surface area contributed by atoms with Crippen LogP contribution in [0.3, 0.4) is 0 Å². The Labute approximate surface area is 216 Å². The second-order valence-corrected chi connectivity index (χ2v) is 10.8. The van der Waals surface area contributed by atoms with Gasteiger partial charge >= 0.3 is 0 Å². The highest BCUT2D eigenvalue weighted by Gasteiger charge is 2.24. The second kappa shape index (κ2) is 10.8. The number of imidazole rings is 1. The first-order chi connectivity index (χ1) is 17.3. The minimum atomic E-state index is -3.68. The lowest BCUT2D eigenvalue weighted by Crippen LogP contribution is -2.31. The summed E-state index contributed by atoms with van der Waals surface area (Å²) in [5, 5.41) is 3.64. The molecule has 1 N–H and O–H groups in total. The topological polar surface area (TPSA) is 84.3 Å². The molecule has 9 heteroatoms. The van der Waals surface area contributed by atoms with Gasteiger partial charge in [-0.05, 0) is 48.9 Å². The summed E-state index contributed by atoms with van der Waals surface area (Å²) >= 11 is 6.43. The second-order valence-electron chi connectivity index (χ2n) is 8.45. The molecule has 36 heavy (non-hydrogen) atoms. The number of carbonyl (C=O) groups is 1. The number of amides is 1. The van der Waals surface area contributed by atoms with Crippen LogP contribution in [-0.2, 0) is 16.6 Å². The minimum Gasteiger partial charge on any atom is -0.342 e. The zero-order chi connectivity index (χ0) is 25.9. The highest BCUT2D eigenvalue weighted by Crippen LogP contribution is 2.25. The number of fused-ring (bicyclic) bond motifs is 1. The van der Waals surface area contributed by atoms with Crippen molar-refractivity contribution in [3.63, 3.8) is 0 Å². The summed E-state index contributed by atoms with van der Waals surface area (Å²) in [5.74, 6) is 0.298. The Balaban J connectivity index is 1.64. The molecule has 0 aliphatic carbocycles. The Bertz CT molecular complexity index is 1500. The molecule has 4 aromatic rings. The highest BCUT2D eigenvalue weighted by atomic mass is 35.5. The Kier molecular flexibility index (Phi) is 7.78. The standard InChI is InChI=1S/C27H29ClN4O3S/c1-4-31(5-2)36(34,35)22-13-10-12-20(17-22)27(33)29-19(3)26-30-24-15-8-9-16-25(24)32(26)18-21-11-6-7-14-23(21)28/h6-17,19H,4-5,18H2,1-3H3,(H,29,33). The summed E-state index contributed by atoms with van der Waals surface area (Å²) in [6, 6.07) is 21.1. The number of nitrogens with one attached hydrogen (secondary N) is 1. The summed E-state index contributed by atoms with van der Waals surface area (Å²) in [6.45, 7) is 6.63. The first-order valence-corrected chi connectivity index (χ1v) is 13.7. The van der Waals surface area contributed by atoms with E-state index in [0.29, 0.717) is 30.5 Å². The van der Waals surface area contributed by atoms with Gasteiger partial charge < -0.3 is 9.88 Å². The summed E-state index contributed by atoms with van der Waals surface area (Å²) in [4.78, 5) is 18.1. The maximum absolute atomic E-state index is 13.2. The number of halogens is 1. The largest absolute Gasteiger partial charge is 0.342 e. The van der Waals surface area contributed by atoms with E-state index in [0.717, 1.165) is 16.6 Å². The molecule has 0 spiro atoms. The van der Waals surface area contributed by atoms with Crippen LogP contribution >= 0.6 is 11.6 Å². The zero-order valence-corrected chi connectivity index (χ0v) is 22.1. The van der Waals surface area contributed by atoms with E-state index in [-0.39, 0.29) is 16.4 Å². The molecule has 0 aliphatic heterocycles. The lowest BCUT2D eigenvalue weighted by atomic mass is 10.2. The van der Waals surface area contributed by atoms with Gasteiger partial charge in [-0.3, -0.25) is 4.79 Å². The molecule has 7 nitrogen and oxygen atoms in total. The van der Waals surface area contributed by atoms with E-state index >= 15 is 0 Å². The van der Waals surface area contributed by atoms with Crippen LogP contribution in [0, 0.1) is 0 Å². The Morgan fingerprint density at radius 1 is 1.03 bits per heavy atom. The fraction of sp³-hybridized carbons (Fsp3) is 0.259. The zero-order valence-electron chi connectivity index (χ0n) is 20.5. The molecule has 1 atom stereocenters. The predicted molar refractivity (Wildman–Crippen MR) is 143 cm³/mol. The monoisotopic (exact) mass is 524 g/mol. The SMILES string of the molecule is CCN(CC)S(=O)(=O)c1cccc(C(=O)NC(C)c2nc3ccccc3n2Cc2ccccc2Cl)c1. The highest BCUT2D eigenvalue weighted by molar-refractivity contribution is 7.89. The van der Waals surface area contributed by atoms with Gasteiger partial charge in [-0.15, -0.1) is 0 Å². The fourth-order valence-electron chi connectivity index (χ4n) is 4.24. The molecule has 0 radical (unpaired) electrons. The predicted octanol–water partition coefficient (Wildman–Crippen LogP) is 5.26. The number of aromatic nitrogens is 2. The van der Waals surface area contributed by atoms with Crippen LogP contribution in [0.2, 0.25) is 5.02 Å². The third kappa shape index (κ3) is 5.16. The molecule has 3 aromatic carbocycles. The first-order valence-electron chi connectivity index (χ1n) is 11.9. The van der Waals surface area contributed by atoms with E-state index in [2.05, 4.69) is 5.32 Å². The maximum Gasteiger partial charge on any atom is 0.251 e. The minimum absolute atomic E-state index is 0.0949. The molecule has 0 saturated heterocycles. The first kappa shape index (κ1) is 25.9. The van der Waals surface area contributed by atoms with Gasteiger partial charge in [0.1, 0.15) is 5.82 Å². The molecule has 1 heterocycles. The van der Waals surface area contributed by atoms with Crippen molar-refractivity contribution in [2.75, 3.05) is 13.1 Å². The molecule has 4 rings (SSSR count). The van der Waals surface area contributed by atoms with Gasteiger partial charge in [0.15, 0.2) is 0 Å². The number of carbonyl (C=O) groups excluding carboxylic acids is 1. The quantitative estimate of drug-likeness (QED) is 0.324. The lowest BCUT2D eigenvalue weighted by Gasteiger charge is -2.19. The van der Waals surface area contributed by atoms with Crippen molar-refractivity contribution >= 4 is 38.6 Å². The van der Waals surface area contributed by atoms with Gasteiger partial charge in [0.25, 0.3) is 5.91 Å². The van der Waals surface area contributed by atoms with Gasteiger partial charge in [-0.2, -0.15) is 4.31 Å². The van der Waals surface area contributed by atoms with Gasteiger partial charge in [-0.25, -0.2) is 13.4 Å². The van der Waals surface area contributed by atoms with Crippen molar-refractivity contribution < 1.29 is 13.2 Å². The number of para-hydroxylation sites is 2. The summed E-state index contributed by atoms with van der Waals surface area (Å²) < 4.78 is 29.3. The van der Waals surface area contributed by atoms with E-state index in [1.165, 1.54) is 16.4 Å². The number of benzene rings is 3. The normalized spacial score (nSPS) is 12.7. The van der Waals surface area contributed by atoms with Crippen LogP contribution in [0.5, 0.6) is 0 Å². The van der Waals surface area contributed by atoms with Crippen molar-refractivity contribution in [1.82, 2.24) is 19.2 Å². The maximum atomic E-state index is 13.2. The van der Waals surface area contributed by atoms with Crippen molar-refractivity contribution in [2.24, 2.45) is 0 Å². The third-order valence-corrected chi connectivity index (χ3v) is 8.56. The molecule has 0 bridgehead atoms. The lowest BCUT2D eigenvalue weighted by molar-refractivity contribution is 0.0937. The summed E-state index contributed by atoms with van der Waals surface area (Å²) in [6.07, 6.45) is 0. The number of hydrogen-bond donors (Lipinski definition) is 1. The van der Waals surface area contributed by atoms with Crippen LogP contribution in [0.1, 0.15) is 48.6 Å². The Morgan fingerprint density at radius 2 is 1.72 bits per heavy atom. The summed E-state index contributed by atoms with van der Waals surface area (Å²) in [7, 11) is -3.68. The van der Waals surface area contributed by atoms with E-state index in [1.807, 2.05) is 60.0 Å². The van der Waals surface area contributed by atoms with Gasteiger partial charge in [-0.1, -0.05) is 61.8 Å². The number of rotatable bonds is 9. The van der Waals surface area contributed by atoms with E-state index in [4.69, 9.17) is 16.6 Å². The molecule has 1 unspecified atom stereocenters. The van der Waals surface area contributed by atoms with E-state index < -0.39 is 16.1 Å². The molecule has 188 valence electrons. The molecular weight excluding hydrogens is 496 g/mol. The Hall–Kier alpha value is -3.20. The Morgan fingerprint density at radius 3 is 2.44 bits per heavy atom. The number of sulfonamides is 1. The molecular formula is C27H29ClN4O3S. The number of nitrogens with zero attached hydrogens (tertiary/aromatic N) is 3. The van der Waals surface area contributed by atoms with E-state index in [9.17, 15) is 13.2 Å². The average molecular weight is 525 g/mol. The average Bonchev–Trinajstić information content (AvgIpc) is 3.24. The van der Waals surface area contributed by atoms with Crippen LogP contribution in [0.4, 0.5) is 0 Å². The van der Waals surface area contributed by atoms with Crippen LogP contribution in [-0.4, -0.2) is 41.3 Å². The van der Waals surface area contributed by atoms with Crippen molar-refractivity contribution in [1.29, 1.82) is 0 Å². The van der Waals surface area contributed by atoms with Gasteiger partial charge in [0.05, 0.1) is 28.5 Å². The molecule has 1 amide bonds. The smallest absolute Gasteiger partial charge is 0.251 e. The van der Waals surface area contributed by atoms with Crippen molar-refractivity contribution in [2.45, 2.75) is 38.3 Å². The fourth-order valence-corrected chi connectivity index (χ4v) is 5.94.